The van der Waals surface area contributed by atoms with Crippen LogP contribution in [-0.2, 0) is 0 Å². The van der Waals surface area contributed by atoms with Gasteiger partial charge in [-0.15, -0.1) is 11.6 Å². The summed E-state index contributed by atoms with van der Waals surface area (Å²) in [7, 11) is 0. The summed E-state index contributed by atoms with van der Waals surface area (Å²) < 4.78 is 58.7. The summed E-state index contributed by atoms with van der Waals surface area (Å²) in [5.41, 5.74) is 0. The average Bonchev–Trinajstić information content (AvgIpc) is 1.81. The summed E-state index contributed by atoms with van der Waals surface area (Å²) in [6.07, 6.45) is -7.23. The number of hydrogen-bond donors (Lipinski definition) is 0. The molecular weight excluding hydrogens is 217 g/mol. The molecule has 0 amide bonds. The first-order chi connectivity index (χ1) is 5.85. The molecule has 0 rings (SSSR count). The fourth-order valence-electron chi connectivity index (χ4n) is 0.803. The van der Waals surface area contributed by atoms with Crippen molar-refractivity contribution in [2.75, 3.05) is 25.5 Å². The lowest BCUT2D eigenvalue weighted by Gasteiger charge is -2.21. The molecular formula is C6H9ClF5N. The van der Waals surface area contributed by atoms with E-state index in [4.69, 9.17) is 11.6 Å². The number of halogens is 6. The molecule has 0 unspecified atom stereocenters. The SMILES string of the molecule is FC(F)CN(CCCl)CC(F)(F)F. The molecule has 0 saturated carbocycles. The zero-order chi connectivity index (χ0) is 10.5. The maximum absolute atomic E-state index is 11.7. The molecule has 0 spiro atoms. The van der Waals surface area contributed by atoms with Crippen molar-refractivity contribution >= 4 is 11.6 Å². The molecule has 0 aliphatic rings. The van der Waals surface area contributed by atoms with E-state index in [1.165, 1.54) is 0 Å². The largest absolute Gasteiger partial charge is 0.401 e. The van der Waals surface area contributed by atoms with Crippen LogP contribution in [0.25, 0.3) is 0 Å². The van der Waals surface area contributed by atoms with Gasteiger partial charge in [-0.05, 0) is 0 Å². The Hall–Kier alpha value is -0.100. The van der Waals surface area contributed by atoms with Crippen LogP contribution in [0.15, 0.2) is 0 Å². The van der Waals surface area contributed by atoms with E-state index in [1.807, 2.05) is 0 Å². The van der Waals surface area contributed by atoms with Crippen LogP contribution in [0.2, 0.25) is 0 Å². The highest BCUT2D eigenvalue weighted by atomic mass is 35.5. The highest BCUT2D eigenvalue weighted by Crippen LogP contribution is 2.16. The Kier molecular flexibility index (Phi) is 5.55. The molecule has 0 fully saturated rings. The number of nitrogens with zero attached hydrogens (tertiary/aromatic N) is 1. The van der Waals surface area contributed by atoms with Crippen molar-refractivity contribution in [2.45, 2.75) is 12.6 Å². The molecule has 0 radical (unpaired) electrons. The van der Waals surface area contributed by atoms with E-state index in [-0.39, 0.29) is 12.4 Å². The minimum Gasteiger partial charge on any atom is -0.288 e. The van der Waals surface area contributed by atoms with Gasteiger partial charge in [-0.1, -0.05) is 0 Å². The van der Waals surface area contributed by atoms with Crippen LogP contribution >= 0.6 is 11.6 Å². The molecule has 0 aliphatic carbocycles. The zero-order valence-electron chi connectivity index (χ0n) is 6.62. The average molecular weight is 226 g/mol. The Bertz CT molecular complexity index is 137. The summed E-state index contributed by atoms with van der Waals surface area (Å²) >= 11 is 5.15. The third-order valence-electron chi connectivity index (χ3n) is 1.20. The second-order valence-corrected chi connectivity index (χ2v) is 2.81. The molecule has 13 heavy (non-hydrogen) atoms. The lowest BCUT2D eigenvalue weighted by molar-refractivity contribution is -0.148. The van der Waals surface area contributed by atoms with E-state index in [2.05, 4.69) is 0 Å². The van der Waals surface area contributed by atoms with Gasteiger partial charge in [0, 0.05) is 12.4 Å². The topological polar surface area (TPSA) is 3.24 Å². The van der Waals surface area contributed by atoms with Crippen molar-refractivity contribution in [1.82, 2.24) is 4.90 Å². The monoisotopic (exact) mass is 225 g/mol. The highest BCUT2D eigenvalue weighted by Gasteiger charge is 2.31. The first-order valence-electron chi connectivity index (χ1n) is 3.48. The molecule has 0 aliphatic heterocycles. The van der Waals surface area contributed by atoms with Crippen LogP contribution in [0.5, 0.6) is 0 Å². The Morgan fingerprint density at radius 3 is 2.08 bits per heavy atom. The van der Waals surface area contributed by atoms with E-state index in [0.717, 1.165) is 0 Å². The van der Waals surface area contributed by atoms with Crippen molar-refractivity contribution < 1.29 is 22.0 Å². The predicted molar refractivity (Wildman–Crippen MR) is 39.2 cm³/mol. The lowest BCUT2D eigenvalue weighted by Crippen LogP contribution is -2.38. The van der Waals surface area contributed by atoms with E-state index in [9.17, 15) is 22.0 Å². The van der Waals surface area contributed by atoms with Crippen molar-refractivity contribution in [1.29, 1.82) is 0 Å². The Morgan fingerprint density at radius 1 is 1.23 bits per heavy atom. The molecule has 0 aromatic rings. The van der Waals surface area contributed by atoms with Gasteiger partial charge >= 0.3 is 6.18 Å². The molecule has 0 N–H and O–H groups in total. The molecule has 0 aromatic carbocycles. The third kappa shape index (κ3) is 8.24. The molecule has 0 aromatic heterocycles. The molecule has 0 atom stereocenters. The fourth-order valence-corrected chi connectivity index (χ4v) is 1.04. The molecule has 80 valence electrons. The fraction of sp³-hybridized carbons (Fsp3) is 1.00. The van der Waals surface area contributed by atoms with Crippen LogP contribution in [0.4, 0.5) is 22.0 Å². The quantitative estimate of drug-likeness (QED) is 0.513. The Balaban J connectivity index is 3.94. The van der Waals surface area contributed by atoms with Crippen LogP contribution in [0, 0.1) is 0 Å². The lowest BCUT2D eigenvalue weighted by atomic mass is 10.4. The van der Waals surface area contributed by atoms with Crippen molar-refractivity contribution in [2.24, 2.45) is 0 Å². The predicted octanol–water partition coefficient (Wildman–Crippen LogP) is 2.35. The maximum Gasteiger partial charge on any atom is 0.401 e. The second-order valence-electron chi connectivity index (χ2n) is 2.43. The van der Waals surface area contributed by atoms with Crippen molar-refractivity contribution in [3.8, 4) is 0 Å². The van der Waals surface area contributed by atoms with E-state index in [1.54, 1.807) is 0 Å². The van der Waals surface area contributed by atoms with Gasteiger partial charge in [0.15, 0.2) is 0 Å². The smallest absolute Gasteiger partial charge is 0.288 e. The van der Waals surface area contributed by atoms with Gasteiger partial charge < -0.3 is 0 Å². The first-order valence-corrected chi connectivity index (χ1v) is 4.02. The van der Waals surface area contributed by atoms with Crippen LogP contribution < -0.4 is 0 Å². The highest BCUT2D eigenvalue weighted by molar-refractivity contribution is 6.18. The standard InChI is InChI=1S/C6H9ClF5N/c7-1-2-13(3-5(8)9)4-6(10,11)12/h5H,1-4H2. The summed E-state index contributed by atoms with van der Waals surface area (Å²) in [6, 6.07) is 0. The van der Waals surface area contributed by atoms with Crippen LogP contribution in [-0.4, -0.2) is 43.0 Å². The van der Waals surface area contributed by atoms with Gasteiger partial charge in [-0.25, -0.2) is 8.78 Å². The van der Waals surface area contributed by atoms with E-state index in [0.29, 0.717) is 4.90 Å². The van der Waals surface area contributed by atoms with Gasteiger partial charge in [-0.3, -0.25) is 4.90 Å². The Labute approximate surface area is 77.5 Å². The Morgan fingerprint density at radius 2 is 1.77 bits per heavy atom. The number of hydrogen-bond acceptors (Lipinski definition) is 1. The number of rotatable bonds is 5. The molecule has 0 bridgehead atoms. The van der Waals surface area contributed by atoms with Crippen molar-refractivity contribution in [3.63, 3.8) is 0 Å². The normalized spacial score (nSPS) is 12.9. The van der Waals surface area contributed by atoms with E-state index >= 15 is 0 Å². The van der Waals surface area contributed by atoms with Gasteiger partial charge in [0.1, 0.15) is 0 Å². The minimum absolute atomic E-state index is 0.0944. The maximum atomic E-state index is 11.7. The molecule has 7 heteroatoms. The third-order valence-corrected chi connectivity index (χ3v) is 1.37. The zero-order valence-corrected chi connectivity index (χ0v) is 7.38. The number of alkyl halides is 6. The van der Waals surface area contributed by atoms with Gasteiger partial charge in [0.05, 0.1) is 13.1 Å². The summed E-state index contributed by atoms with van der Waals surface area (Å²) in [5.74, 6) is -0.0944. The van der Waals surface area contributed by atoms with Gasteiger partial charge in [0.25, 0.3) is 6.43 Å². The van der Waals surface area contributed by atoms with E-state index < -0.39 is 25.7 Å². The summed E-state index contributed by atoms with van der Waals surface area (Å²) in [5, 5.41) is 0. The van der Waals surface area contributed by atoms with Crippen LogP contribution in [0.3, 0.4) is 0 Å². The molecule has 1 nitrogen and oxygen atoms in total. The minimum atomic E-state index is -4.46. The van der Waals surface area contributed by atoms with Crippen LogP contribution in [0.1, 0.15) is 0 Å². The van der Waals surface area contributed by atoms with Gasteiger partial charge in [0.2, 0.25) is 0 Å². The molecule has 0 saturated heterocycles. The summed E-state index contributed by atoms with van der Waals surface area (Å²) in [6.45, 7) is -2.43. The summed E-state index contributed by atoms with van der Waals surface area (Å²) in [4.78, 5) is 0.581. The first kappa shape index (κ1) is 12.9. The molecule has 0 heterocycles. The van der Waals surface area contributed by atoms with Gasteiger partial charge in [-0.2, -0.15) is 13.2 Å². The van der Waals surface area contributed by atoms with Crippen molar-refractivity contribution in [3.05, 3.63) is 0 Å². The second kappa shape index (κ2) is 5.59.